The van der Waals surface area contributed by atoms with Gasteiger partial charge in [0.15, 0.2) is 6.61 Å². The predicted octanol–water partition coefficient (Wildman–Crippen LogP) is 2.38. The van der Waals surface area contributed by atoms with Crippen molar-refractivity contribution in [3.63, 3.8) is 0 Å². The number of nitrogens with zero attached hydrogens (tertiary/aromatic N) is 1. The average Bonchev–Trinajstić information content (AvgIpc) is 3.06. The van der Waals surface area contributed by atoms with Gasteiger partial charge in [-0.25, -0.2) is 9.78 Å². The Bertz CT molecular complexity index is 629. The van der Waals surface area contributed by atoms with Gasteiger partial charge in [-0.15, -0.1) is 23.1 Å². The fraction of sp³-hybridized carbons (Fsp3) is 0.267. The second-order valence-electron chi connectivity index (χ2n) is 4.32. The molecule has 0 aliphatic rings. The Hall–Kier alpha value is -1.86. The van der Waals surface area contributed by atoms with Crippen LogP contribution in [0, 0.1) is 0 Å². The summed E-state index contributed by atoms with van der Waals surface area (Å²) < 4.78 is 5.02. The molecule has 0 radical (unpaired) electrons. The Labute approximate surface area is 137 Å². The average molecular weight is 336 g/mol. The first-order valence-corrected chi connectivity index (χ1v) is 8.76. The molecule has 0 aromatic carbocycles. The number of hydrogen-bond donors (Lipinski definition) is 1. The fourth-order valence-corrected chi connectivity index (χ4v) is 3.00. The molecule has 0 spiro atoms. The molecule has 0 fully saturated rings. The van der Waals surface area contributed by atoms with Crippen molar-refractivity contribution < 1.29 is 14.3 Å². The van der Waals surface area contributed by atoms with E-state index < -0.39 is 5.97 Å². The number of hydrogen-bond acceptors (Lipinski definition) is 6. The lowest BCUT2D eigenvalue weighted by molar-refractivity contribution is -0.124. The van der Waals surface area contributed by atoms with Crippen LogP contribution < -0.4 is 5.32 Å². The number of rotatable bonds is 7. The van der Waals surface area contributed by atoms with Crippen LogP contribution in [0.4, 0.5) is 0 Å². The summed E-state index contributed by atoms with van der Waals surface area (Å²) >= 11 is 3.01. The van der Waals surface area contributed by atoms with E-state index in [1.807, 2.05) is 23.8 Å². The second kappa shape index (κ2) is 8.55. The van der Waals surface area contributed by atoms with Crippen molar-refractivity contribution in [2.75, 3.05) is 19.4 Å². The molecular weight excluding hydrogens is 320 g/mol. The van der Waals surface area contributed by atoms with Crippen molar-refractivity contribution in [3.8, 4) is 0 Å². The molecule has 22 heavy (non-hydrogen) atoms. The molecule has 0 unspecified atom stereocenters. The molecule has 5 nitrogen and oxygen atoms in total. The summed E-state index contributed by atoms with van der Waals surface area (Å²) in [5, 5.41) is 5.31. The summed E-state index contributed by atoms with van der Waals surface area (Å²) in [7, 11) is 0. The van der Waals surface area contributed by atoms with Gasteiger partial charge in [0.05, 0.1) is 5.56 Å². The first-order valence-electron chi connectivity index (χ1n) is 6.66. The molecule has 116 valence electrons. The minimum atomic E-state index is -0.536. The van der Waals surface area contributed by atoms with Crippen LogP contribution in [0.1, 0.15) is 15.2 Å². The van der Waals surface area contributed by atoms with Crippen LogP contribution in [0.5, 0.6) is 0 Å². The van der Waals surface area contributed by atoms with E-state index in [1.54, 1.807) is 29.7 Å². The van der Waals surface area contributed by atoms with Crippen molar-refractivity contribution in [2.45, 2.75) is 11.4 Å². The summed E-state index contributed by atoms with van der Waals surface area (Å²) in [5.41, 5.74) is 0.376. The van der Waals surface area contributed by atoms with Crippen LogP contribution in [0.15, 0.2) is 40.9 Å². The van der Waals surface area contributed by atoms with Crippen LogP contribution >= 0.6 is 23.1 Å². The number of carbonyl (C=O) groups is 2. The topological polar surface area (TPSA) is 68.3 Å². The molecule has 1 amide bonds. The number of carbonyl (C=O) groups excluding carboxylic acids is 2. The van der Waals surface area contributed by atoms with Crippen molar-refractivity contribution in [3.05, 3.63) is 46.3 Å². The molecule has 0 aliphatic heterocycles. The van der Waals surface area contributed by atoms with Crippen LogP contribution in [-0.4, -0.2) is 36.3 Å². The van der Waals surface area contributed by atoms with Gasteiger partial charge in [0, 0.05) is 17.6 Å². The second-order valence-corrected chi connectivity index (χ2v) is 6.14. The van der Waals surface area contributed by atoms with Gasteiger partial charge < -0.3 is 10.1 Å². The van der Waals surface area contributed by atoms with Crippen LogP contribution in [0.25, 0.3) is 0 Å². The van der Waals surface area contributed by atoms with E-state index in [-0.39, 0.29) is 12.5 Å². The van der Waals surface area contributed by atoms with E-state index in [0.717, 1.165) is 6.42 Å². The van der Waals surface area contributed by atoms with E-state index in [2.05, 4.69) is 10.3 Å². The Balaban J connectivity index is 1.74. The summed E-state index contributed by atoms with van der Waals surface area (Å²) in [6, 6.07) is 7.29. The quantitative estimate of drug-likeness (QED) is 0.621. The van der Waals surface area contributed by atoms with Gasteiger partial charge in [0.25, 0.3) is 5.91 Å². The van der Waals surface area contributed by atoms with Gasteiger partial charge in [-0.3, -0.25) is 4.79 Å². The molecule has 2 aromatic heterocycles. The van der Waals surface area contributed by atoms with Crippen LogP contribution in [0.2, 0.25) is 0 Å². The van der Waals surface area contributed by atoms with Crippen LogP contribution in [-0.2, 0) is 16.0 Å². The Kier molecular flexibility index (Phi) is 6.42. The van der Waals surface area contributed by atoms with E-state index in [4.69, 9.17) is 4.74 Å². The van der Waals surface area contributed by atoms with E-state index >= 15 is 0 Å². The van der Waals surface area contributed by atoms with E-state index in [1.165, 1.54) is 16.6 Å². The standard InChI is InChI=1S/C15H16N2O3S2/c1-21-14-12(5-2-7-17-14)15(19)20-10-13(18)16-8-6-11-4-3-9-22-11/h2-5,7,9H,6,8,10H2,1H3,(H,16,18). The van der Waals surface area contributed by atoms with Gasteiger partial charge >= 0.3 is 5.97 Å². The Morgan fingerprint density at radius 3 is 2.95 bits per heavy atom. The maximum Gasteiger partial charge on any atom is 0.341 e. The number of thioether (sulfide) groups is 1. The number of ether oxygens (including phenoxy) is 1. The molecular formula is C15H16N2O3S2. The van der Waals surface area contributed by atoms with E-state index in [0.29, 0.717) is 17.1 Å². The van der Waals surface area contributed by atoms with Crippen molar-refractivity contribution in [2.24, 2.45) is 0 Å². The first kappa shape index (κ1) is 16.5. The minimum Gasteiger partial charge on any atom is -0.452 e. The molecule has 7 heteroatoms. The molecule has 0 atom stereocenters. The summed E-state index contributed by atoms with van der Waals surface area (Å²) in [6.07, 6.45) is 4.22. The Morgan fingerprint density at radius 1 is 1.36 bits per heavy atom. The lowest BCUT2D eigenvalue weighted by Crippen LogP contribution is -2.30. The van der Waals surface area contributed by atoms with Gasteiger partial charge in [0.2, 0.25) is 0 Å². The number of pyridine rings is 1. The third kappa shape index (κ3) is 4.85. The highest BCUT2D eigenvalue weighted by molar-refractivity contribution is 7.98. The molecule has 2 heterocycles. The number of nitrogens with one attached hydrogen (secondary N) is 1. The maximum absolute atomic E-state index is 11.9. The Morgan fingerprint density at radius 2 is 2.23 bits per heavy atom. The molecule has 0 saturated carbocycles. The molecule has 1 N–H and O–H groups in total. The molecule has 2 rings (SSSR count). The van der Waals surface area contributed by atoms with Gasteiger partial charge in [-0.05, 0) is 36.3 Å². The predicted molar refractivity (Wildman–Crippen MR) is 87.3 cm³/mol. The van der Waals surface area contributed by atoms with Crippen molar-refractivity contribution in [1.82, 2.24) is 10.3 Å². The van der Waals surface area contributed by atoms with Gasteiger partial charge in [-0.2, -0.15) is 0 Å². The highest BCUT2D eigenvalue weighted by atomic mass is 32.2. The maximum atomic E-state index is 11.9. The number of thiophene rings is 1. The lowest BCUT2D eigenvalue weighted by atomic mass is 10.3. The zero-order valence-electron chi connectivity index (χ0n) is 12.1. The molecule has 0 aliphatic carbocycles. The molecule has 2 aromatic rings. The number of amides is 1. The summed E-state index contributed by atoms with van der Waals surface area (Å²) in [6.45, 7) is 0.242. The third-order valence-corrected chi connectivity index (χ3v) is 4.44. The SMILES string of the molecule is CSc1ncccc1C(=O)OCC(=O)NCCc1cccs1. The summed E-state index contributed by atoms with van der Waals surface area (Å²) in [4.78, 5) is 28.9. The highest BCUT2D eigenvalue weighted by Gasteiger charge is 2.14. The van der Waals surface area contributed by atoms with Crippen LogP contribution in [0.3, 0.4) is 0 Å². The van der Waals surface area contributed by atoms with Gasteiger partial charge in [-0.1, -0.05) is 6.07 Å². The first-order chi connectivity index (χ1) is 10.7. The normalized spacial score (nSPS) is 10.2. The van der Waals surface area contributed by atoms with E-state index in [9.17, 15) is 9.59 Å². The monoisotopic (exact) mass is 336 g/mol. The molecule has 0 saturated heterocycles. The summed E-state index contributed by atoms with van der Waals surface area (Å²) in [5.74, 6) is -0.842. The minimum absolute atomic E-state index is 0.286. The zero-order chi connectivity index (χ0) is 15.8. The number of aromatic nitrogens is 1. The largest absolute Gasteiger partial charge is 0.452 e. The van der Waals surface area contributed by atoms with Gasteiger partial charge in [0.1, 0.15) is 5.03 Å². The molecule has 0 bridgehead atoms. The van der Waals surface area contributed by atoms with Crippen molar-refractivity contribution >= 4 is 35.0 Å². The van der Waals surface area contributed by atoms with Crippen molar-refractivity contribution in [1.29, 1.82) is 0 Å². The zero-order valence-corrected chi connectivity index (χ0v) is 13.7. The lowest BCUT2D eigenvalue weighted by Gasteiger charge is -2.07. The fourth-order valence-electron chi connectivity index (χ4n) is 1.75. The third-order valence-electron chi connectivity index (χ3n) is 2.79. The number of esters is 1. The highest BCUT2D eigenvalue weighted by Crippen LogP contribution is 2.17. The smallest absolute Gasteiger partial charge is 0.341 e.